The maximum absolute atomic E-state index is 12.8. The van der Waals surface area contributed by atoms with E-state index in [9.17, 15) is 18.0 Å². The van der Waals surface area contributed by atoms with E-state index in [0.29, 0.717) is 43.4 Å². The van der Waals surface area contributed by atoms with Crippen LogP contribution in [0.4, 0.5) is 18.9 Å². The third-order valence-electron chi connectivity index (χ3n) is 5.33. The van der Waals surface area contributed by atoms with Crippen LogP contribution in [0.5, 0.6) is 0 Å². The van der Waals surface area contributed by atoms with E-state index in [1.807, 2.05) is 24.3 Å². The fourth-order valence-corrected chi connectivity index (χ4v) is 3.70. The Morgan fingerprint density at radius 3 is 2.56 bits per heavy atom. The first-order valence-electron chi connectivity index (χ1n) is 10.2. The van der Waals surface area contributed by atoms with Gasteiger partial charge in [-0.15, -0.1) is 0 Å². The predicted octanol–water partition coefficient (Wildman–Crippen LogP) is 4.63. The van der Waals surface area contributed by atoms with Gasteiger partial charge in [-0.1, -0.05) is 24.3 Å². The highest BCUT2D eigenvalue weighted by molar-refractivity contribution is 5.88. The SMILES string of the molecule is CC(=O)Nc1ccc(CN2CCOC[C@H]2c2ncc(-c3ccc(C(F)(F)F)cc3)[nH]2)cc1. The Hall–Kier alpha value is -3.17. The number of ether oxygens (including phenoxy) is 1. The summed E-state index contributed by atoms with van der Waals surface area (Å²) in [7, 11) is 0. The van der Waals surface area contributed by atoms with Gasteiger partial charge in [0.2, 0.25) is 5.91 Å². The Bertz CT molecular complexity index is 1060. The number of hydrogen-bond acceptors (Lipinski definition) is 4. The molecule has 1 atom stereocenters. The minimum Gasteiger partial charge on any atom is -0.378 e. The molecule has 9 heteroatoms. The molecular formula is C23H23F3N4O2. The van der Waals surface area contributed by atoms with Gasteiger partial charge in [-0.25, -0.2) is 4.98 Å². The van der Waals surface area contributed by atoms with E-state index in [1.54, 1.807) is 6.20 Å². The van der Waals surface area contributed by atoms with Crippen LogP contribution >= 0.6 is 0 Å². The van der Waals surface area contributed by atoms with Crippen molar-refractivity contribution in [3.05, 3.63) is 71.7 Å². The molecule has 1 amide bonds. The van der Waals surface area contributed by atoms with Crippen molar-refractivity contribution in [2.75, 3.05) is 25.1 Å². The van der Waals surface area contributed by atoms with Crippen molar-refractivity contribution in [1.29, 1.82) is 0 Å². The largest absolute Gasteiger partial charge is 0.416 e. The van der Waals surface area contributed by atoms with Crippen molar-refractivity contribution >= 4 is 11.6 Å². The standard InChI is InChI=1S/C23H23F3N4O2/c1-15(31)28-19-8-2-16(3-9-19)13-30-10-11-32-14-21(30)22-27-12-20(29-22)17-4-6-18(7-5-17)23(24,25)26/h2-9,12,21H,10-11,13-14H2,1H3,(H,27,29)(H,28,31)/t21-/m0/s1. The number of anilines is 1. The second-order valence-corrected chi connectivity index (χ2v) is 7.70. The van der Waals surface area contributed by atoms with Crippen LogP contribution in [-0.2, 0) is 22.3 Å². The second kappa shape index (κ2) is 9.13. The molecule has 1 saturated heterocycles. The number of nitrogens with zero attached hydrogens (tertiary/aromatic N) is 2. The van der Waals surface area contributed by atoms with Gasteiger partial charge < -0.3 is 15.0 Å². The van der Waals surface area contributed by atoms with Crippen molar-refractivity contribution < 1.29 is 22.7 Å². The lowest BCUT2D eigenvalue weighted by Crippen LogP contribution is -2.39. The molecule has 0 unspecified atom stereocenters. The molecule has 4 rings (SSSR count). The van der Waals surface area contributed by atoms with Crippen LogP contribution in [0.25, 0.3) is 11.3 Å². The number of hydrogen-bond donors (Lipinski definition) is 2. The Balaban J connectivity index is 1.48. The van der Waals surface area contributed by atoms with E-state index < -0.39 is 11.7 Å². The summed E-state index contributed by atoms with van der Waals surface area (Å²) in [4.78, 5) is 21.2. The number of alkyl halides is 3. The second-order valence-electron chi connectivity index (χ2n) is 7.70. The number of aromatic nitrogens is 2. The minimum absolute atomic E-state index is 0.109. The molecule has 3 aromatic rings. The van der Waals surface area contributed by atoms with Gasteiger partial charge in [0.05, 0.1) is 36.7 Å². The van der Waals surface area contributed by atoms with Gasteiger partial charge in [0, 0.05) is 25.7 Å². The summed E-state index contributed by atoms with van der Waals surface area (Å²) in [6.45, 7) is 3.92. The fraction of sp³-hybridized carbons (Fsp3) is 0.304. The Morgan fingerprint density at radius 1 is 1.19 bits per heavy atom. The lowest BCUT2D eigenvalue weighted by Gasteiger charge is -2.34. The third kappa shape index (κ3) is 5.17. The van der Waals surface area contributed by atoms with E-state index in [0.717, 1.165) is 23.4 Å². The molecule has 1 fully saturated rings. The zero-order valence-electron chi connectivity index (χ0n) is 17.4. The molecule has 168 valence electrons. The molecule has 1 aliphatic heterocycles. The zero-order valence-corrected chi connectivity index (χ0v) is 17.4. The van der Waals surface area contributed by atoms with Crippen molar-refractivity contribution in [3.8, 4) is 11.3 Å². The molecule has 0 saturated carbocycles. The summed E-state index contributed by atoms with van der Waals surface area (Å²) in [6, 6.07) is 12.6. The van der Waals surface area contributed by atoms with Crippen molar-refractivity contribution in [2.45, 2.75) is 25.7 Å². The Morgan fingerprint density at radius 2 is 1.91 bits per heavy atom. The number of benzene rings is 2. The number of morpholine rings is 1. The number of imidazole rings is 1. The molecule has 0 spiro atoms. The molecule has 2 heterocycles. The number of halogens is 3. The van der Waals surface area contributed by atoms with E-state index in [2.05, 4.69) is 20.2 Å². The minimum atomic E-state index is -4.36. The summed E-state index contributed by atoms with van der Waals surface area (Å²) in [5.74, 6) is 0.585. The van der Waals surface area contributed by atoms with Gasteiger partial charge in [0.1, 0.15) is 5.82 Å². The quantitative estimate of drug-likeness (QED) is 0.602. The van der Waals surface area contributed by atoms with Gasteiger partial charge in [-0.3, -0.25) is 9.69 Å². The van der Waals surface area contributed by atoms with Gasteiger partial charge in [-0.2, -0.15) is 13.2 Å². The van der Waals surface area contributed by atoms with E-state index in [4.69, 9.17) is 4.74 Å². The van der Waals surface area contributed by atoms with Crippen LogP contribution in [0.2, 0.25) is 0 Å². The number of rotatable bonds is 5. The van der Waals surface area contributed by atoms with Gasteiger partial charge >= 0.3 is 6.18 Å². The number of aromatic amines is 1. The molecule has 6 nitrogen and oxygen atoms in total. The van der Waals surface area contributed by atoms with Gasteiger partial charge in [0.25, 0.3) is 0 Å². The van der Waals surface area contributed by atoms with E-state index in [1.165, 1.54) is 19.1 Å². The molecule has 0 radical (unpaired) electrons. The smallest absolute Gasteiger partial charge is 0.378 e. The summed E-state index contributed by atoms with van der Waals surface area (Å²) in [6.07, 6.45) is -2.73. The van der Waals surface area contributed by atoms with Crippen molar-refractivity contribution in [2.24, 2.45) is 0 Å². The Kier molecular flexibility index (Phi) is 6.29. The molecule has 0 bridgehead atoms. The Labute approximate surface area is 183 Å². The van der Waals surface area contributed by atoms with Crippen molar-refractivity contribution in [1.82, 2.24) is 14.9 Å². The number of amides is 1. The maximum Gasteiger partial charge on any atom is 0.416 e. The zero-order chi connectivity index (χ0) is 22.7. The van der Waals surface area contributed by atoms with Gasteiger partial charge in [0.15, 0.2) is 0 Å². The number of carbonyl (C=O) groups excluding carboxylic acids is 1. The molecule has 1 aromatic heterocycles. The van der Waals surface area contributed by atoms with Crippen molar-refractivity contribution in [3.63, 3.8) is 0 Å². The highest BCUT2D eigenvalue weighted by Gasteiger charge is 2.30. The highest BCUT2D eigenvalue weighted by Crippen LogP contribution is 2.31. The molecule has 2 aromatic carbocycles. The molecule has 0 aliphatic carbocycles. The monoisotopic (exact) mass is 444 g/mol. The summed E-state index contributed by atoms with van der Waals surface area (Å²) >= 11 is 0. The number of nitrogens with one attached hydrogen (secondary N) is 2. The van der Waals surface area contributed by atoms with Crippen LogP contribution < -0.4 is 5.32 Å². The number of H-pyrrole nitrogens is 1. The average Bonchev–Trinajstić information content (AvgIpc) is 3.25. The molecule has 2 N–H and O–H groups in total. The normalized spacial score (nSPS) is 17.3. The molecular weight excluding hydrogens is 421 g/mol. The van der Waals surface area contributed by atoms with Crippen LogP contribution in [0, 0.1) is 0 Å². The summed E-state index contributed by atoms with van der Waals surface area (Å²) < 4.78 is 44.1. The molecule has 1 aliphatic rings. The van der Waals surface area contributed by atoms with E-state index >= 15 is 0 Å². The van der Waals surface area contributed by atoms with Crippen LogP contribution in [-0.4, -0.2) is 40.5 Å². The third-order valence-corrected chi connectivity index (χ3v) is 5.33. The lowest BCUT2D eigenvalue weighted by molar-refractivity contribution is -0.137. The first kappa shape index (κ1) is 22.0. The first-order chi connectivity index (χ1) is 15.3. The summed E-state index contributed by atoms with van der Waals surface area (Å²) in [5, 5.41) is 2.75. The molecule has 32 heavy (non-hydrogen) atoms. The highest BCUT2D eigenvalue weighted by atomic mass is 19.4. The van der Waals surface area contributed by atoms with Gasteiger partial charge in [-0.05, 0) is 35.4 Å². The summed E-state index contributed by atoms with van der Waals surface area (Å²) in [5.41, 5.74) is 2.43. The predicted molar refractivity (Wildman–Crippen MR) is 114 cm³/mol. The maximum atomic E-state index is 12.8. The first-order valence-corrected chi connectivity index (χ1v) is 10.2. The number of carbonyl (C=O) groups is 1. The van der Waals surface area contributed by atoms with Crippen LogP contribution in [0.1, 0.15) is 29.9 Å². The van der Waals surface area contributed by atoms with Crippen LogP contribution in [0.15, 0.2) is 54.7 Å². The fourth-order valence-electron chi connectivity index (χ4n) is 3.70. The van der Waals surface area contributed by atoms with Crippen LogP contribution in [0.3, 0.4) is 0 Å². The topological polar surface area (TPSA) is 70.2 Å². The lowest BCUT2D eigenvalue weighted by atomic mass is 10.1. The van der Waals surface area contributed by atoms with E-state index in [-0.39, 0.29) is 11.9 Å². The average molecular weight is 444 g/mol.